The van der Waals surface area contributed by atoms with E-state index < -0.39 is 17.9 Å². The zero-order valence-corrected chi connectivity index (χ0v) is 13.9. The van der Waals surface area contributed by atoms with Gasteiger partial charge in [0.15, 0.2) is 5.92 Å². The van der Waals surface area contributed by atoms with E-state index >= 15 is 0 Å². The van der Waals surface area contributed by atoms with E-state index in [9.17, 15) is 9.59 Å². The minimum atomic E-state index is -1.02. The van der Waals surface area contributed by atoms with E-state index in [2.05, 4.69) is 21.5 Å². The topological polar surface area (TPSA) is 108 Å². The SMILES string of the molecule is CC1CCCN1CCCCC(C(=O)ON)C(=O)ON.[Pt]. The fraction of sp³-hybridized carbons (Fsp3) is 0.833. The van der Waals surface area contributed by atoms with Crippen LogP contribution in [0.25, 0.3) is 0 Å². The molecule has 1 saturated heterocycles. The number of hydrogen-bond acceptors (Lipinski definition) is 7. The molecule has 1 aliphatic rings. The summed E-state index contributed by atoms with van der Waals surface area (Å²) in [5.41, 5.74) is 0. The normalized spacial score (nSPS) is 18.7. The first-order chi connectivity index (χ1) is 9.10. The van der Waals surface area contributed by atoms with Gasteiger partial charge in [0, 0.05) is 27.1 Å². The molecular formula is C12H23N3O4Pt. The van der Waals surface area contributed by atoms with Gasteiger partial charge in [-0.05, 0) is 45.7 Å². The standard InChI is InChI=1S/C12H23N3O4.Pt/c1-9-5-4-8-15(9)7-3-2-6-10(11(16)18-13)12(17)19-14;/h9-10H,2-8,13-14H2,1H3;. The molecule has 0 aromatic carbocycles. The number of unbranched alkanes of at least 4 members (excludes halogenated alkanes) is 1. The number of nitrogens with zero attached hydrogens (tertiary/aromatic N) is 1. The van der Waals surface area contributed by atoms with Crippen molar-refractivity contribution in [3.05, 3.63) is 0 Å². The molecule has 0 amide bonds. The summed E-state index contributed by atoms with van der Waals surface area (Å²) in [4.78, 5) is 33.2. The molecule has 8 heteroatoms. The van der Waals surface area contributed by atoms with Crippen molar-refractivity contribution in [1.29, 1.82) is 0 Å². The van der Waals surface area contributed by atoms with Gasteiger partial charge >= 0.3 is 11.9 Å². The van der Waals surface area contributed by atoms with Gasteiger partial charge in [0.05, 0.1) is 0 Å². The van der Waals surface area contributed by atoms with E-state index in [0.717, 1.165) is 25.9 Å². The quantitative estimate of drug-likeness (QED) is 0.310. The Hall–Kier alpha value is -0.492. The molecule has 20 heavy (non-hydrogen) atoms. The number of hydrogen-bond donors (Lipinski definition) is 2. The predicted octanol–water partition coefficient (Wildman–Crippen LogP) is 0.0885. The van der Waals surface area contributed by atoms with Crippen LogP contribution in [0.4, 0.5) is 0 Å². The maximum absolute atomic E-state index is 11.3. The van der Waals surface area contributed by atoms with Crippen molar-refractivity contribution in [2.24, 2.45) is 17.7 Å². The van der Waals surface area contributed by atoms with E-state index in [-0.39, 0.29) is 21.1 Å². The summed E-state index contributed by atoms with van der Waals surface area (Å²) < 4.78 is 0. The molecule has 0 aliphatic carbocycles. The minimum absolute atomic E-state index is 0. The second-order valence-electron chi connectivity index (χ2n) is 4.95. The molecule has 0 spiro atoms. The third-order valence-corrected chi connectivity index (χ3v) is 3.68. The van der Waals surface area contributed by atoms with Crippen molar-refractivity contribution in [1.82, 2.24) is 4.90 Å². The van der Waals surface area contributed by atoms with Crippen molar-refractivity contribution in [2.45, 2.75) is 45.1 Å². The van der Waals surface area contributed by atoms with Gasteiger partial charge in [-0.25, -0.2) is 9.59 Å². The summed E-state index contributed by atoms with van der Waals surface area (Å²) in [6, 6.07) is 0.624. The minimum Gasteiger partial charge on any atom is -0.373 e. The molecule has 1 fully saturated rings. The van der Waals surface area contributed by atoms with Gasteiger partial charge < -0.3 is 14.6 Å². The predicted molar refractivity (Wildman–Crippen MR) is 68.2 cm³/mol. The average Bonchev–Trinajstić information content (AvgIpc) is 2.83. The van der Waals surface area contributed by atoms with E-state index in [1.54, 1.807) is 0 Å². The summed E-state index contributed by atoms with van der Waals surface area (Å²) in [6.45, 7) is 4.32. The Balaban J connectivity index is 0.00000361. The Morgan fingerprint density at radius 1 is 1.25 bits per heavy atom. The smallest absolute Gasteiger partial charge is 0.338 e. The zero-order valence-electron chi connectivity index (χ0n) is 11.7. The monoisotopic (exact) mass is 468 g/mol. The van der Waals surface area contributed by atoms with Gasteiger partial charge in [-0.1, -0.05) is 6.42 Å². The Kier molecular flexibility index (Phi) is 10.0. The second-order valence-corrected chi connectivity index (χ2v) is 4.95. The van der Waals surface area contributed by atoms with Crippen LogP contribution in [0, 0.1) is 5.92 Å². The zero-order chi connectivity index (χ0) is 14.3. The summed E-state index contributed by atoms with van der Waals surface area (Å²) >= 11 is 0. The van der Waals surface area contributed by atoms with Crippen LogP contribution >= 0.6 is 0 Å². The molecule has 7 nitrogen and oxygen atoms in total. The maximum Gasteiger partial charge on any atom is 0.338 e. The van der Waals surface area contributed by atoms with Crippen LogP contribution in [-0.2, 0) is 40.3 Å². The molecule has 0 bridgehead atoms. The van der Waals surface area contributed by atoms with Gasteiger partial charge in [-0.2, -0.15) is 11.8 Å². The maximum atomic E-state index is 11.3. The molecule has 1 atom stereocenters. The summed E-state index contributed by atoms with van der Waals surface area (Å²) in [5.74, 6) is 6.94. The Bertz CT molecular complexity index is 301. The molecule has 120 valence electrons. The summed E-state index contributed by atoms with van der Waals surface area (Å²) in [5, 5.41) is 0. The molecule has 0 saturated carbocycles. The van der Waals surface area contributed by atoms with E-state index in [4.69, 9.17) is 11.8 Å². The summed E-state index contributed by atoms with van der Waals surface area (Å²) in [7, 11) is 0. The van der Waals surface area contributed by atoms with Gasteiger partial charge in [-0.3, -0.25) is 0 Å². The molecule has 0 aromatic rings. The van der Waals surface area contributed by atoms with Crippen LogP contribution in [0.15, 0.2) is 0 Å². The first-order valence-electron chi connectivity index (χ1n) is 6.65. The second kappa shape index (κ2) is 10.3. The van der Waals surface area contributed by atoms with E-state index in [0.29, 0.717) is 12.5 Å². The molecule has 1 rings (SSSR count). The van der Waals surface area contributed by atoms with Gasteiger partial charge in [0.1, 0.15) is 0 Å². The fourth-order valence-electron chi connectivity index (χ4n) is 2.48. The van der Waals surface area contributed by atoms with Crippen molar-refractivity contribution in [3.63, 3.8) is 0 Å². The third kappa shape index (κ3) is 5.87. The average molecular weight is 468 g/mol. The first-order valence-corrected chi connectivity index (χ1v) is 6.65. The van der Waals surface area contributed by atoms with E-state index in [1.165, 1.54) is 12.8 Å². The van der Waals surface area contributed by atoms with Crippen molar-refractivity contribution in [3.8, 4) is 0 Å². The summed E-state index contributed by atoms with van der Waals surface area (Å²) in [6.07, 6.45) is 4.45. The Morgan fingerprint density at radius 3 is 2.30 bits per heavy atom. The number of rotatable bonds is 7. The molecule has 0 radical (unpaired) electrons. The largest absolute Gasteiger partial charge is 0.373 e. The molecule has 4 N–H and O–H groups in total. The van der Waals surface area contributed by atoms with Crippen LogP contribution < -0.4 is 11.8 Å². The van der Waals surface area contributed by atoms with Crippen LogP contribution in [0.1, 0.15) is 39.0 Å². The molecule has 0 aromatic heterocycles. The number of carbonyl (C=O) groups excluding carboxylic acids is 2. The van der Waals surface area contributed by atoms with Crippen LogP contribution in [0.5, 0.6) is 0 Å². The van der Waals surface area contributed by atoms with Gasteiger partial charge in [0.2, 0.25) is 0 Å². The Morgan fingerprint density at radius 2 is 1.85 bits per heavy atom. The van der Waals surface area contributed by atoms with Gasteiger partial charge in [0.25, 0.3) is 0 Å². The van der Waals surface area contributed by atoms with E-state index in [1.807, 2.05) is 0 Å². The number of likely N-dealkylation sites (tertiary alicyclic amines) is 1. The van der Waals surface area contributed by atoms with Crippen LogP contribution in [-0.4, -0.2) is 36.0 Å². The molecular weight excluding hydrogens is 445 g/mol. The first kappa shape index (κ1) is 19.5. The Labute approximate surface area is 133 Å². The number of carbonyl (C=O) groups is 2. The fourth-order valence-corrected chi connectivity index (χ4v) is 2.48. The van der Waals surface area contributed by atoms with Crippen molar-refractivity contribution < 1.29 is 40.3 Å². The van der Waals surface area contributed by atoms with Crippen LogP contribution in [0.3, 0.4) is 0 Å². The molecule has 1 aliphatic heterocycles. The van der Waals surface area contributed by atoms with Crippen LogP contribution in [0.2, 0.25) is 0 Å². The van der Waals surface area contributed by atoms with Crippen molar-refractivity contribution >= 4 is 11.9 Å². The van der Waals surface area contributed by atoms with Gasteiger partial charge in [-0.15, -0.1) is 0 Å². The molecule has 1 heterocycles. The van der Waals surface area contributed by atoms with Crippen molar-refractivity contribution in [2.75, 3.05) is 13.1 Å². The molecule has 1 unspecified atom stereocenters. The third-order valence-electron chi connectivity index (χ3n) is 3.68. The number of nitrogens with two attached hydrogens (primary N) is 2.